The Kier molecular flexibility index (Phi) is 5.66. The zero-order valence-electron chi connectivity index (χ0n) is 17.6. The molecule has 0 unspecified atom stereocenters. The van der Waals surface area contributed by atoms with Crippen molar-refractivity contribution in [2.24, 2.45) is 11.8 Å². The summed E-state index contributed by atoms with van der Waals surface area (Å²) in [5, 5.41) is 10.1. The molecule has 2 bridgehead atoms. The normalized spacial score (nSPS) is 25.1. The summed E-state index contributed by atoms with van der Waals surface area (Å²) >= 11 is 0. The van der Waals surface area contributed by atoms with Gasteiger partial charge in [0.25, 0.3) is 5.56 Å². The van der Waals surface area contributed by atoms with E-state index in [1.54, 1.807) is 11.7 Å². The lowest BCUT2D eigenvalue weighted by atomic mass is 9.87. The van der Waals surface area contributed by atoms with Gasteiger partial charge in [-0.1, -0.05) is 19.1 Å². The molecule has 0 aliphatic carbocycles. The van der Waals surface area contributed by atoms with Gasteiger partial charge in [-0.25, -0.2) is 0 Å². The molecule has 4 rings (SSSR count). The third-order valence-electron chi connectivity index (χ3n) is 6.53. The fourth-order valence-corrected chi connectivity index (χ4v) is 5.18. The van der Waals surface area contributed by atoms with E-state index in [-0.39, 0.29) is 36.1 Å². The Labute approximate surface area is 175 Å². The van der Waals surface area contributed by atoms with Gasteiger partial charge < -0.3 is 19.1 Å². The number of nitrogens with zero attached hydrogens (tertiary/aromatic N) is 2. The summed E-state index contributed by atoms with van der Waals surface area (Å²) in [6.07, 6.45) is 0.924. The Balaban J connectivity index is 1.82. The van der Waals surface area contributed by atoms with Crippen LogP contribution in [-0.2, 0) is 16.1 Å². The summed E-state index contributed by atoms with van der Waals surface area (Å²) < 4.78 is 12.1. The van der Waals surface area contributed by atoms with Crippen LogP contribution in [0.15, 0.2) is 41.2 Å². The Morgan fingerprint density at radius 3 is 2.50 bits per heavy atom. The lowest BCUT2D eigenvalue weighted by Gasteiger charge is -2.38. The van der Waals surface area contributed by atoms with Crippen molar-refractivity contribution < 1.29 is 19.4 Å². The number of methoxy groups -OCH3 is 2. The van der Waals surface area contributed by atoms with Gasteiger partial charge in [-0.15, -0.1) is 0 Å². The highest BCUT2D eigenvalue weighted by molar-refractivity contribution is 5.75. The fourth-order valence-electron chi connectivity index (χ4n) is 5.18. The van der Waals surface area contributed by atoms with E-state index >= 15 is 0 Å². The van der Waals surface area contributed by atoms with Gasteiger partial charge >= 0.3 is 5.97 Å². The van der Waals surface area contributed by atoms with Gasteiger partial charge in [0.05, 0.1) is 26.2 Å². The molecule has 1 N–H and O–H groups in total. The summed E-state index contributed by atoms with van der Waals surface area (Å²) in [6, 6.07) is 10.8. The van der Waals surface area contributed by atoms with Gasteiger partial charge in [-0.05, 0) is 42.8 Å². The lowest BCUT2D eigenvalue weighted by Crippen LogP contribution is -2.46. The van der Waals surface area contributed by atoms with Gasteiger partial charge in [0.2, 0.25) is 0 Å². The van der Waals surface area contributed by atoms with E-state index in [1.165, 1.54) is 7.11 Å². The molecular weight excluding hydrogens is 384 g/mol. The Morgan fingerprint density at radius 2 is 1.90 bits per heavy atom. The molecule has 7 heteroatoms. The van der Waals surface area contributed by atoms with Crippen LogP contribution >= 0.6 is 0 Å². The second kappa shape index (κ2) is 8.24. The first kappa shape index (κ1) is 20.6. The molecule has 30 heavy (non-hydrogen) atoms. The van der Waals surface area contributed by atoms with Gasteiger partial charge in [0.15, 0.2) is 0 Å². The summed E-state index contributed by atoms with van der Waals surface area (Å²) in [5.41, 5.74) is 2.17. The molecule has 3 heterocycles. The smallest absolute Gasteiger partial charge is 0.311 e. The number of aliphatic hydroxyl groups excluding tert-OH is 1. The van der Waals surface area contributed by atoms with Crippen LogP contribution < -0.4 is 10.3 Å². The maximum atomic E-state index is 13.4. The van der Waals surface area contributed by atoms with Crippen molar-refractivity contribution in [1.29, 1.82) is 0 Å². The number of ether oxygens (including phenoxy) is 2. The van der Waals surface area contributed by atoms with Crippen LogP contribution in [0.3, 0.4) is 0 Å². The lowest BCUT2D eigenvalue weighted by molar-refractivity contribution is -0.148. The van der Waals surface area contributed by atoms with Crippen LogP contribution in [0, 0.1) is 11.8 Å². The van der Waals surface area contributed by atoms with E-state index in [9.17, 15) is 14.7 Å². The largest absolute Gasteiger partial charge is 0.497 e. The van der Waals surface area contributed by atoms with Crippen LogP contribution in [0.25, 0.3) is 11.1 Å². The number of pyridine rings is 1. The first-order chi connectivity index (χ1) is 14.5. The average molecular weight is 412 g/mol. The molecule has 0 spiro atoms. The monoisotopic (exact) mass is 412 g/mol. The minimum atomic E-state index is -0.489. The highest BCUT2D eigenvalue weighted by Gasteiger charge is 2.55. The van der Waals surface area contributed by atoms with Crippen LogP contribution in [0.1, 0.15) is 25.1 Å². The number of aromatic nitrogens is 1. The second-order valence-corrected chi connectivity index (χ2v) is 7.96. The molecule has 0 saturated carbocycles. The first-order valence-corrected chi connectivity index (χ1v) is 10.4. The molecule has 1 aromatic heterocycles. The van der Waals surface area contributed by atoms with Crippen LogP contribution in [0.4, 0.5) is 0 Å². The van der Waals surface area contributed by atoms with Gasteiger partial charge in [-0.2, -0.15) is 0 Å². The Hall–Kier alpha value is -2.64. The van der Waals surface area contributed by atoms with E-state index in [1.807, 2.05) is 36.4 Å². The number of benzene rings is 1. The molecule has 1 saturated heterocycles. The van der Waals surface area contributed by atoms with E-state index in [4.69, 9.17) is 9.47 Å². The van der Waals surface area contributed by atoms with Crippen LogP contribution in [0.2, 0.25) is 0 Å². The summed E-state index contributed by atoms with van der Waals surface area (Å²) in [5.74, 6) is -0.353. The van der Waals surface area contributed by atoms with E-state index in [0.29, 0.717) is 12.1 Å². The molecule has 0 radical (unpaired) electrons. The summed E-state index contributed by atoms with van der Waals surface area (Å²) in [6.45, 7) is 3.23. The number of hydrogen-bond acceptors (Lipinski definition) is 6. The molecule has 0 amide bonds. The highest BCUT2D eigenvalue weighted by atomic mass is 16.5. The fraction of sp³-hybridized carbons (Fsp3) is 0.478. The number of carbonyl (C=O) groups is 1. The maximum absolute atomic E-state index is 13.4. The van der Waals surface area contributed by atoms with Gasteiger partial charge in [0.1, 0.15) is 5.75 Å². The van der Waals surface area contributed by atoms with Crippen molar-refractivity contribution >= 4 is 5.97 Å². The molecule has 1 aromatic carbocycles. The van der Waals surface area contributed by atoms with Crippen molar-refractivity contribution in [3.05, 3.63) is 52.4 Å². The Bertz CT molecular complexity index is 984. The van der Waals surface area contributed by atoms with E-state index in [0.717, 1.165) is 30.0 Å². The van der Waals surface area contributed by atoms with Crippen molar-refractivity contribution in [2.75, 3.05) is 27.4 Å². The molecule has 7 nitrogen and oxygen atoms in total. The number of fused-ring (bicyclic) bond motifs is 4. The number of esters is 1. The molecule has 4 atom stereocenters. The second-order valence-electron chi connectivity index (χ2n) is 7.96. The highest BCUT2D eigenvalue weighted by Crippen LogP contribution is 2.48. The summed E-state index contributed by atoms with van der Waals surface area (Å²) in [7, 11) is 2.99. The molecular formula is C23H28N2O5. The molecule has 2 aliphatic heterocycles. The van der Waals surface area contributed by atoms with Crippen molar-refractivity contribution in [2.45, 2.75) is 32.0 Å². The molecule has 2 aliphatic rings. The standard InChI is InChI=1S/C23H28N2O5/c1-4-11-24-19-12-25-18(21(24)20(17(19)13-26)23(28)30-3)10-9-16(22(25)27)14-5-7-15(29-2)8-6-14/h5-10,17,19-21,26H,4,11-13H2,1-3H3/t17-,19-,20+,21+/m0/s1. The SMILES string of the molecule is CCCN1[C@@H]2c3ccc(-c4ccc(OC)cc4)c(=O)n3C[C@H]1[C@H](CO)[C@H]2C(=O)OC. The van der Waals surface area contributed by atoms with Crippen molar-refractivity contribution in [3.8, 4) is 16.9 Å². The summed E-state index contributed by atoms with van der Waals surface area (Å²) in [4.78, 5) is 28.4. The van der Waals surface area contributed by atoms with Crippen molar-refractivity contribution in [3.63, 3.8) is 0 Å². The third kappa shape index (κ3) is 3.13. The number of rotatable bonds is 6. The predicted molar refractivity (Wildman–Crippen MR) is 112 cm³/mol. The minimum absolute atomic E-state index is 0.0778. The van der Waals surface area contributed by atoms with E-state index in [2.05, 4.69) is 11.8 Å². The number of carbonyl (C=O) groups excluding carboxylic acids is 1. The number of hydrogen-bond donors (Lipinski definition) is 1. The zero-order valence-corrected chi connectivity index (χ0v) is 17.6. The maximum Gasteiger partial charge on any atom is 0.311 e. The number of aliphatic hydroxyl groups is 1. The van der Waals surface area contributed by atoms with Crippen LogP contribution in [0.5, 0.6) is 5.75 Å². The average Bonchev–Trinajstić information content (AvgIpc) is 2.98. The predicted octanol–water partition coefficient (Wildman–Crippen LogP) is 2.07. The van der Waals surface area contributed by atoms with Gasteiger partial charge in [0, 0.05) is 36.4 Å². The van der Waals surface area contributed by atoms with Crippen molar-refractivity contribution in [1.82, 2.24) is 9.47 Å². The third-order valence-corrected chi connectivity index (χ3v) is 6.53. The minimum Gasteiger partial charge on any atom is -0.497 e. The van der Waals surface area contributed by atoms with Gasteiger partial charge in [-0.3, -0.25) is 14.5 Å². The van der Waals surface area contributed by atoms with Crippen LogP contribution in [-0.4, -0.2) is 54.0 Å². The first-order valence-electron chi connectivity index (χ1n) is 10.4. The zero-order chi connectivity index (χ0) is 21.4. The molecule has 2 aromatic rings. The topological polar surface area (TPSA) is 81.0 Å². The van der Waals surface area contributed by atoms with E-state index < -0.39 is 5.92 Å². The molecule has 160 valence electrons. The molecule has 1 fully saturated rings. The quantitative estimate of drug-likeness (QED) is 0.732. The Morgan fingerprint density at radius 1 is 1.17 bits per heavy atom.